The summed E-state index contributed by atoms with van der Waals surface area (Å²) in [5.74, 6) is -0.372. The maximum absolute atomic E-state index is 14.5. The molecule has 2 aromatic heterocycles. The van der Waals surface area contributed by atoms with Crippen LogP contribution in [0.25, 0.3) is 22.3 Å². The fourth-order valence-corrected chi connectivity index (χ4v) is 4.40. The number of hydrogen-bond donors (Lipinski definition) is 1. The minimum absolute atomic E-state index is 0.109. The zero-order valence-electron chi connectivity index (χ0n) is 19.4. The van der Waals surface area contributed by atoms with E-state index in [1.165, 1.54) is 11.0 Å². The van der Waals surface area contributed by atoms with Crippen LogP contribution in [0.2, 0.25) is 0 Å². The highest BCUT2D eigenvalue weighted by Gasteiger charge is 2.29. The molecular formula is C25H29FN4O3. The number of anilines is 1. The second kappa shape index (κ2) is 8.50. The Hall–Kier alpha value is -3.42. The molecule has 1 aliphatic rings. The van der Waals surface area contributed by atoms with E-state index in [2.05, 4.69) is 4.90 Å². The van der Waals surface area contributed by atoms with Crippen LogP contribution in [0.4, 0.5) is 14.9 Å². The molecule has 174 valence electrons. The van der Waals surface area contributed by atoms with Crippen LogP contribution in [0, 0.1) is 11.2 Å². The number of hydrogen-bond acceptors (Lipinski definition) is 4. The molecule has 8 heteroatoms. The Morgan fingerprint density at radius 1 is 1.18 bits per heavy atom. The molecule has 4 rings (SSSR count). The normalized spacial score (nSPS) is 16.9. The molecule has 1 fully saturated rings. The lowest BCUT2D eigenvalue weighted by atomic mass is 9.96. The van der Waals surface area contributed by atoms with Gasteiger partial charge in [0.1, 0.15) is 11.5 Å². The first-order valence-electron chi connectivity index (χ1n) is 11.1. The predicted molar refractivity (Wildman–Crippen MR) is 127 cm³/mol. The Labute approximate surface area is 192 Å². The number of carboxylic acid groups (broad SMARTS) is 1. The molecule has 0 spiro atoms. The van der Waals surface area contributed by atoms with Crippen molar-refractivity contribution in [1.29, 1.82) is 0 Å². The van der Waals surface area contributed by atoms with Gasteiger partial charge in [0.25, 0.3) is 5.56 Å². The molecule has 3 heterocycles. The van der Waals surface area contributed by atoms with E-state index in [4.69, 9.17) is 4.98 Å². The Balaban J connectivity index is 1.89. The summed E-state index contributed by atoms with van der Waals surface area (Å²) in [6.07, 6.45) is -0.942. The van der Waals surface area contributed by atoms with E-state index in [0.717, 1.165) is 11.1 Å². The molecule has 0 aliphatic carbocycles. The molecule has 0 bridgehead atoms. The number of fused-ring (bicyclic) bond motifs is 1. The number of rotatable bonds is 3. The number of pyridine rings is 2. The van der Waals surface area contributed by atoms with Gasteiger partial charge < -0.3 is 14.9 Å². The van der Waals surface area contributed by atoms with Crippen LogP contribution in [0.5, 0.6) is 0 Å². The van der Waals surface area contributed by atoms with Crippen molar-refractivity contribution in [2.24, 2.45) is 5.41 Å². The number of benzene rings is 1. The average molecular weight is 453 g/mol. The molecule has 33 heavy (non-hydrogen) atoms. The van der Waals surface area contributed by atoms with Crippen LogP contribution >= 0.6 is 0 Å². The minimum atomic E-state index is -0.942. The van der Waals surface area contributed by atoms with Crippen molar-refractivity contribution in [3.63, 3.8) is 0 Å². The van der Waals surface area contributed by atoms with Gasteiger partial charge in [0, 0.05) is 49.2 Å². The highest BCUT2D eigenvalue weighted by molar-refractivity contribution is 5.91. The van der Waals surface area contributed by atoms with Crippen molar-refractivity contribution in [2.75, 3.05) is 24.5 Å². The van der Waals surface area contributed by atoms with Crippen molar-refractivity contribution in [3.8, 4) is 11.3 Å². The molecule has 7 nitrogen and oxygen atoms in total. The highest BCUT2D eigenvalue weighted by atomic mass is 19.1. The molecular weight excluding hydrogens is 423 g/mol. The molecule has 1 atom stereocenters. The minimum Gasteiger partial charge on any atom is -0.465 e. The summed E-state index contributed by atoms with van der Waals surface area (Å²) in [4.78, 5) is 32.9. The quantitative estimate of drug-likeness (QED) is 0.636. The first-order valence-corrected chi connectivity index (χ1v) is 11.1. The van der Waals surface area contributed by atoms with Gasteiger partial charge in [0.05, 0.1) is 11.4 Å². The van der Waals surface area contributed by atoms with E-state index in [9.17, 15) is 19.1 Å². The number of nitrogens with zero attached hydrogens (tertiary/aromatic N) is 4. The molecule has 1 aliphatic heterocycles. The highest BCUT2D eigenvalue weighted by Crippen LogP contribution is 2.31. The maximum Gasteiger partial charge on any atom is 0.407 e. The van der Waals surface area contributed by atoms with Gasteiger partial charge in [-0.1, -0.05) is 32.9 Å². The van der Waals surface area contributed by atoms with Crippen molar-refractivity contribution in [2.45, 2.75) is 40.3 Å². The van der Waals surface area contributed by atoms with Crippen molar-refractivity contribution >= 4 is 22.8 Å². The number of piperazine rings is 1. The predicted octanol–water partition coefficient (Wildman–Crippen LogP) is 4.44. The van der Waals surface area contributed by atoms with Gasteiger partial charge in [-0.3, -0.25) is 9.36 Å². The molecule has 1 aromatic carbocycles. The summed E-state index contributed by atoms with van der Waals surface area (Å²) >= 11 is 0. The van der Waals surface area contributed by atoms with E-state index in [1.54, 1.807) is 34.9 Å². The average Bonchev–Trinajstić information content (AvgIpc) is 2.75. The largest absolute Gasteiger partial charge is 0.465 e. The van der Waals surface area contributed by atoms with E-state index in [-0.39, 0.29) is 22.8 Å². The lowest BCUT2D eigenvalue weighted by Gasteiger charge is -2.40. The first-order chi connectivity index (χ1) is 15.5. The monoisotopic (exact) mass is 452 g/mol. The van der Waals surface area contributed by atoms with Crippen LogP contribution in [0.3, 0.4) is 0 Å². The van der Waals surface area contributed by atoms with Gasteiger partial charge in [-0.05, 0) is 36.6 Å². The smallest absolute Gasteiger partial charge is 0.407 e. The summed E-state index contributed by atoms with van der Waals surface area (Å²) < 4.78 is 16.1. The van der Waals surface area contributed by atoms with Crippen LogP contribution in [0.1, 0.15) is 27.7 Å². The number of carbonyl (C=O) groups is 1. The van der Waals surface area contributed by atoms with Gasteiger partial charge in [-0.2, -0.15) is 0 Å². The van der Waals surface area contributed by atoms with Crippen LogP contribution in [0.15, 0.2) is 47.3 Å². The second-order valence-electron chi connectivity index (χ2n) is 9.83. The molecule has 1 unspecified atom stereocenters. The zero-order valence-corrected chi connectivity index (χ0v) is 19.4. The van der Waals surface area contributed by atoms with Crippen LogP contribution in [-0.2, 0) is 6.54 Å². The Kier molecular flexibility index (Phi) is 5.86. The van der Waals surface area contributed by atoms with Gasteiger partial charge in [0.2, 0.25) is 0 Å². The van der Waals surface area contributed by atoms with Crippen LogP contribution < -0.4 is 10.5 Å². The number of halogens is 1. The Morgan fingerprint density at radius 3 is 2.55 bits per heavy atom. The molecule has 1 amide bonds. The lowest BCUT2D eigenvalue weighted by Crippen LogP contribution is -2.53. The van der Waals surface area contributed by atoms with Gasteiger partial charge in [0.15, 0.2) is 0 Å². The van der Waals surface area contributed by atoms with E-state index in [1.807, 2.05) is 33.8 Å². The molecule has 1 N–H and O–H groups in total. The third-order valence-electron chi connectivity index (χ3n) is 5.92. The number of aromatic nitrogens is 2. The van der Waals surface area contributed by atoms with Crippen LogP contribution in [-0.4, -0.2) is 51.3 Å². The Morgan fingerprint density at radius 2 is 1.91 bits per heavy atom. The molecule has 0 saturated carbocycles. The summed E-state index contributed by atoms with van der Waals surface area (Å²) in [5, 5.41) is 10.1. The third kappa shape index (κ3) is 4.55. The van der Waals surface area contributed by atoms with Gasteiger partial charge >= 0.3 is 6.09 Å². The SMILES string of the molecule is CC1CN(C(=O)O)CCN1c1cc(=O)n(CC(C)(C)C)c2nc(-c3ccccc3F)ccc12. The molecule has 0 radical (unpaired) electrons. The van der Waals surface area contributed by atoms with Crippen molar-refractivity contribution < 1.29 is 14.3 Å². The Bertz CT molecular complexity index is 1260. The van der Waals surface area contributed by atoms with Gasteiger partial charge in [-0.25, -0.2) is 14.2 Å². The zero-order chi connectivity index (χ0) is 23.9. The molecule has 1 saturated heterocycles. The maximum atomic E-state index is 14.5. The van der Waals surface area contributed by atoms with Gasteiger partial charge in [-0.15, -0.1) is 0 Å². The van der Waals surface area contributed by atoms with Crippen molar-refractivity contribution in [1.82, 2.24) is 14.5 Å². The fourth-order valence-electron chi connectivity index (χ4n) is 4.40. The lowest BCUT2D eigenvalue weighted by molar-refractivity contribution is 0.136. The fraction of sp³-hybridized carbons (Fsp3) is 0.400. The van der Waals surface area contributed by atoms with Crippen molar-refractivity contribution in [3.05, 3.63) is 58.6 Å². The third-order valence-corrected chi connectivity index (χ3v) is 5.92. The standard InChI is InChI=1S/C25H29FN4O3/c1-16-14-28(24(32)33)11-12-29(16)21-13-22(31)30(15-25(2,3)4)23-18(21)9-10-20(27-23)17-7-5-6-8-19(17)26/h5-10,13,16H,11-12,14-15H2,1-4H3,(H,32,33). The molecule has 3 aromatic rings. The van der Waals surface area contributed by atoms with E-state index >= 15 is 0 Å². The summed E-state index contributed by atoms with van der Waals surface area (Å²) in [6, 6.07) is 11.6. The number of amides is 1. The summed E-state index contributed by atoms with van der Waals surface area (Å²) in [7, 11) is 0. The van der Waals surface area contributed by atoms with E-state index < -0.39 is 6.09 Å². The topological polar surface area (TPSA) is 78.7 Å². The first kappa shape index (κ1) is 22.8. The summed E-state index contributed by atoms with van der Waals surface area (Å²) in [5.41, 5.74) is 1.71. The summed E-state index contributed by atoms with van der Waals surface area (Å²) in [6.45, 7) is 9.73. The second-order valence-corrected chi connectivity index (χ2v) is 9.83. The van der Waals surface area contributed by atoms with E-state index in [0.29, 0.717) is 43.1 Å².